The monoisotopic (exact) mass is 377 g/mol. The van der Waals surface area contributed by atoms with Gasteiger partial charge in [0.15, 0.2) is 0 Å². The van der Waals surface area contributed by atoms with Crippen molar-refractivity contribution >= 4 is 33.6 Å². The third-order valence-electron chi connectivity index (χ3n) is 3.49. The van der Waals surface area contributed by atoms with Crippen LogP contribution in [0.3, 0.4) is 0 Å². The van der Waals surface area contributed by atoms with Crippen molar-refractivity contribution in [2.45, 2.75) is 12.5 Å². The van der Waals surface area contributed by atoms with Gasteiger partial charge >= 0.3 is 0 Å². The fraction of sp³-hybridized carbons (Fsp3) is 0.176. The molecule has 0 aliphatic heterocycles. The van der Waals surface area contributed by atoms with Crippen LogP contribution in [0.4, 0.5) is 0 Å². The molecule has 1 atom stereocenters. The SMILES string of the molecule is CNC(Cc1ccc(I)cc1)c1cc2ccccc2o1. The minimum atomic E-state index is 0.197. The van der Waals surface area contributed by atoms with Crippen LogP contribution >= 0.6 is 22.6 Å². The zero-order valence-electron chi connectivity index (χ0n) is 11.3. The first-order chi connectivity index (χ1) is 9.76. The molecular formula is C17H16INO. The molecule has 2 aromatic carbocycles. The van der Waals surface area contributed by atoms with E-state index in [9.17, 15) is 0 Å². The predicted molar refractivity (Wildman–Crippen MR) is 90.9 cm³/mol. The van der Waals surface area contributed by atoms with Crippen LogP contribution in [0.25, 0.3) is 11.0 Å². The van der Waals surface area contributed by atoms with Gasteiger partial charge in [-0.2, -0.15) is 0 Å². The van der Waals surface area contributed by atoms with Crippen LogP contribution in [0.1, 0.15) is 17.4 Å². The van der Waals surface area contributed by atoms with Crippen molar-refractivity contribution in [1.82, 2.24) is 5.32 Å². The van der Waals surface area contributed by atoms with E-state index in [1.807, 2.05) is 25.2 Å². The number of hydrogen-bond acceptors (Lipinski definition) is 2. The zero-order chi connectivity index (χ0) is 13.9. The molecule has 0 aliphatic rings. The van der Waals surface area contributed by atoms with Crippen LogP contribution < -0.4 is 5.32 Å². The summed E-state index contributed by atoms with van der Waals surface area (Å²) in [4.78, 5) is 0. The second-order valence-corrected chi connectivity index (χ2v) is 6.10. The summed E-state index contributed by atoms with van der Waals surface area (Å²) in [6, 6.07) is 19.1. The van der Waals surface area contributed by atoms with Gasteiger partial charge in [-0.15, -0.1) is 0 Å². The Morgan fingerprint density at radius 2 is 1.85 bits per heavy atom. The molecule has 0 fully saturated rings. The fourth-order valence-electron chi connectivity index (χ4n) is 2.38. The number of furan rings is 1. The van der Waals surface area contributed by atoms with Crippen molar-refractivity contribution in [3.05, 3.63) is 69.5 Å². The Balaban J connectivity index is 1.87. The van der Waals surface area contributed by atoms with E-state index in [0.29, 0.717) is 0 Å². The van der Waals surface area contributed by atoms with Crippen molar-refractivity contribution in [3.63, 3.8) is 0 Å². The maximum Gasteiger partial charge on any atom is 0.134 e. The van der Waals surface area contributed by atoms with Gasteiger partial charge in [-0.1, -0.05) is 30.3 Å². The lowest BCUT2D eigenvalue weighted by molar-refractivity contribution is 0.451. The van der Waals surface area contributed by atoms with Crippen LogP contribution in [0.2, 0.25) is 0 Å². The molecule has 1 N–H and O–H groups in total. The summed E-state index contributed by atoms with van der Waals surface area (Å²) in [5, 5.41) is 4.50. The normalized spacial score (nSPS) is 12.7. The minimum Gasteiger partial charge on any atom is -0.459 e. The van der Waals surface area contributed by atoms with Crippen molar-refractivity contribution in [2.75, 3.05) is 7.05 Å². The molecule has 1 heterocycles. The lowest BCUT2D eigenvalue weighted by Gasteiger charge is -2.13. The summed E-state index contributed by atoms with van der Waals surface area (Å²) in [7, 11) is 1.98. The number of rotatable bonds is 4. The molecule has 1 unspecified atom stereocenters. The number of hydrogen-bond donors (Lipinski definition) is 1. The summed E-state index contributed by atoms with van der Waals surface area (Å²) in [6.45, 7) is 0. The standard InChI is InChI=1S/C17H16INO/c1-19-15(10-12-6-8-14(18)9-7-12)17-11-13-4-2-3-5-16(13)20-17/h2-9,11,15,19H,10H2,1H3. The number of benzene rings is 2. The number of likely N-dealkylation sites (N-methyl/N-ethyl adjacent to an activating group) is 1. The Morgan fingerprint density at radius 1 is 1.10 bits per heavy atom. The highest BCUT2D eigenvalue weighted by atomic mass is 127. The van der Waals surface area contributed by atoms with Gasteiger partial charge in [0.1, 0.15) is 11.3 Å². The van der Waals surface area contributed by atoms with Gasteiger partial charge in [0.05, 0.1) is 6.04 Å². The lowest BCUT2D eigenvalue weighted by Crippen LogP contribution is -2.18. The topological polar surface area (TPSA) is 25.2 Å². The second kappa shape index (κ2) is 5.97. The van der Waals surface area contributed by atoms with Gasteiger partial charge in [0.25, 0.3) is 0 Å². The quantitative estimate of drug-likeness (QED) is 0.676. The Kier molecular flexibility index (Phi) is 4.08. The summed E-state index contributed by atoms with van der Waals surface area (Å²) in [5.41, 5.74) is 2.26. The van der Waals surface area contributed by atoms with Gasteiger partial charge in [0, 0.05) is 8.96 Å². The summed E-state index contributed by atoms with van der Waals surface area (Å²) in [5.74, 6) is 0.993. The summed E-state index contributed by atoms with van der Waals surface area (Å²) < 4.78 is 7.21. The average Bonchev–Trinajstić information content (AvgIpc) is 2.90. The number of halogens is 1. The van der Waals surface area contributed by atoms with E-state index in [0.717, 1.165) is 23.2 Å². The van der Waals surface area contributed by atoms with Crippen LogP contribution in [0.15, 0.2) is 59.0 Å². The smallest absolute Gasteiger partial charge is 0.134 e. The summed E-state index contributed by atoms with van der Waals surface area (Å²) in [6.07, 6.45) is 0.924. The zero-order valence-corrected chi connectivity index (χ0v) is 13.4. The maximum absolute atomic E-state index is 5.95. The van der Waals surface area contributed by atoms with Gasteiger partial charge < -0.3 is 9.73 Å². The molecule has 20 heavy (non-hydrogen) atoms. The van der Waals surface area contributed by atoms with Gasteiger partial charge in [0.2, 0.25) is 0 Å². The van der Waals surface area contributed by atoms with E-state index in [-0.39, 0.29) is 6.04 Å². The molecule has 0 saturated carbocycles. The van der Waals surface area contributed by atoms with E-state index in [2.05, 4.69) is 64.3 Å². The molecule has 0 aliphatic carbocycles. The van der Waals surface area contributed by atoms with Crippen molar-refractivity contribution in [1.29, 1.82) is 0 Å². The molecule has 2 nitrogen and oxygen atoms in total. The first kappa shape index (κ1) is 13.6. The fourth-order valence-corrected chi connectivity index (χ4v) is 2.73. The van der Waals surface area contributed by atoms with E-state index in [1.165, 1.54) is 9.13 Å². The lowest BCUT2D eigenvalue weighted by atomic mass is 10.0. The highest BCUT2D eigenvalue weighted by Crippen LogP contribution is 2.26. The van der Waals surface area contributed by atoms with Gasteiger partial charge in [-0.05, 0) is 65.9 Å². The van der Waals surface area contributed by atoms with Crippen LogP contribution in [0.5, 0.6) is 0 Å². The predicted octanol–water partition coefficient (Wildman–Crippen LogP) is 4.54. The molecule has 0 radical (unpaired) electrons. The van der Waals surface area contributed by atoms with Crippen LogP contribution in [0, 0.1) is 3.57 Å². The van der Waals surface area contributed by atoms with Crippen LogP contribution in [-0.4, -0.2) is 7.05 Å². The van der Waals surface area contributed by atoms with Crippen LogP contribution in [-0.2, 0) is 6.42 Å². The third kappa shape index (κ3) is 2.88. The number of fused-ring (bicyclic) bond motifs is 1. The third-order valence-corrected chi connectivity index (χ3v) is 4.21. The number of para-hydroxylation sites is 1. The van der Waals surface area contributed by atoms with Crippen molar-refractivity contribution < 1.29 is 4.42 Å². The largest absolute Gasteiger partial charge is 0.459 e. The van der Waals surface area contributed by atoms with Gasteiger partial charge in [-0.3, -0.25) is 0 Å². The highest BCUT2D eigenvalue weighted by molar-refractivity contribution is 14.1. The molecule has 0 bridgehead atoms. The molecule has 3 rings (SSSR count). The molecule has 0 spiro atoms. The molecule has 0 saturated heterocycles. The van der Waals surface area contributed by atoms with Crippen molar-refractivity contribution in [2.24, 2.45) is 0 Å². The first-order valence-electron chi connectivity index (χ1n) is 6.66. The molecular weight excluding hydrogens is 361 g/mol. The summed E-state index contributed by atoms with van der Waals surface area (Å²) >= 11 is 2.33. The maximum atomic E-state index is 5.95. The number of nitrogens with one attached hydrogen (secondary N) is 1. The van der Waals surface area contributed by atoms with E-state index >= 15 is 0 Å². The average molecular weight is 377 g/mol. The second-order valence-electron chi connectivity index (χ2n) is 4.86. The molecule has 3 aromatic rings. The Bertz CT molecular complexity index is 669. The van der Waals surface area contributed by atoms with E-state index in [1.54, 1.807) is 0 Å². The molecule has 102 valence electrons. The molecule has 1 aromatic heterocycles. The molecule has 0 amide bonds. The minimum absolute atomic E-state index is 0.197. The highest BCUT2D eigenvalue weighted by Gasteiger charge is 2.15. The Morgan fingerprint density at radius 3 is 2.55 bits per heavy atom. The Hall–Kier alpha value is -1.33. The van der Waals surface area contributed by atoms with E-state index in [4.69, 9.17) is 4.42 Å². The van der Waals surface area contributed by atoms with Gasteiger partial charge in [-0.25, -0.2) is 0 Å². The van der Waals surface area contributed by atoms with E-state index < -0.39 is 0 Å². The van der Waals surface area contributed by atoms with Crippen molar-refractivity contribution in [3.8, 4) is 0 Å². The Labute approximate surface area is 132 Å². The first-order valence-corrected chi connectivity index (χ1v) is 7.74. The molecule has 3 heteroatoms.